The van der Waals surface area contributed by atoms with Gasteiger partial charge in [-0.25, -0.2) is 0 Å². The van der Waals surface area contributed by atoms with Crippen molar-refractivity contribution in [1.82, 2.24) is 4.98 Å². The average Bonchev–Trinajstić information content (AvgIpc) is 3.30. The second kappa shape index (κ2) is 9.00. The Balaban J connectivity index is 1.62. The highest BCUT2D eigenvalue weighted by molar-refractivity contribution is 6.09. The van der Waals surface area contributed by atoms with E-state index in [2.05, 4.69) is 11.9 Å². The van der Waals surface area contributed by atoms with Gasteiger partial charge in [0.2, 0.25) is 5.91 Å². The van der Waals surface area contributed by atoms with Gasteiger partial charge in [0, 0.05) is 35.1 Å². The van der Waals surface area contributed by atoms with Crippen LogP contribution in [-0.4, -0.2) is 23.2 Å². The smallest absolute Gasteiger partial charge is 0.234 e. The molecule has 3 aromatic carbocycles. The van der Waals surface area contributed by atoms with Gasteiger partial charge in [-0.1, -0.05) is 61.5 Å². The van der Waals surface area contributed by atoms with E-state index in [4.69, 9.17) is 0 Å². The van der Waals surface area contributed by atoms with Gasteiger partial charge in [-0.3, -0.25) is 9.59 Å². The van der Waals surface area contributed by atoms with Crippen LogP contribution >= 0.6 is 0 Å². The Hall–Kier alpha value is -3.66. The largest absolute Gasteiger partial charge is 0.361 e. The molecule has 0 fully saturated rings. The Labute approximate surface area is 182 Å². The van der Waals surface area contributed by atoms with Crippen molar-refractivity contribution in [2.75, 3.05) is 11.4 Å². The molecule has 1 amide bonds. The predicted molar refractivity (Wildman–Crippen MR) is 126 cm³/mol. The second-order valence-electron chi connectivity index (χ2n) is 7.78. The third-order valence-corrected chi connectivity index (χ3v) is 5.62. The fraction of sp³-hybridized carbons (Fsp3) is 0.185. The number of hydrogen-bond acceptors (Lipinski definition) is 2. The van der Waals surface area contributed by atoms with Crippen LogP contribution in [0.4, 0.5) is 5.69 Å². The lowest BCUT2D eigenvalue weighted by atomic mass is 9.94. The van der Waals surface area contributed by atoms with Crippen LogP contribution in [0, 0.1) is 0 Å². The minimum absolute atomic E-state index is 0.0251. The molecular weight excluding hydrogens is 384 g/mol. The van der Waals surface area contributed by atoms with Gasteiger partial charge in [-0.2, -0.15) is 0 Å². The number of benzene rings is 3. The van der Waals surface area contributed by atoms with Crippen molar-refractivity contribution < 1.29 is 9.59 Å². The van der Waals surface area contributed by atoms with Crippen LogP contribution in [0.25, 0.3) is 10.9 Å². The molecule has 0 aliphatic rings. The summed E-state index contributed by atoms with van der Waals surface area (Å²) in [5.41, 5.74) is 3.97. The molecule has 1 aromatic heterocycles. The number of carbonyl (C=O) groups is 2. The van der Waals surface area contributed by atoms with E-state index >= 15 is 0 Å². The van der Waals surface area contributed by atoms with Crippen molar-refractivity contribution >= 4 is 28.3 Å². The molecule has 0 radical (unpaired) electrons. The summed E-state index contributed by atoms with van der Waals surface area (Å²) < 4.78 is 0. The summed E-state index contributed by atoms with van der Waals surface area (Å²) in [7, 11) is 0. The van der Waals surface area contributed by atoms with E-state index in [0.717, 1.165) is 28.6 Å². The van der Waals surface area contributed by atoms with Gasteiger partial charge in [0.1, 0.15) is 0 Å². The van der Waals surface area contributed by atoms with Gasteiger partial charge in [0.25, 0.3) is 0 Å². The molecule has 31 heavy (non-hydrogen) atoms. The third-order valence-electron chi connectivity index (χ3n) is 5.62. The number of fused-ring (bicyclic) bond motifs is 1. The van der Waals surface area contributed by atoms with Gasteiger partial charge in [-0.05, 0) is 48.6 Å². The number of ketones is 1. The van der Waals surface area contributed by atoms with Crippen LogP contribution in [0.1, 0.15) is 47.7 Å². The first-order chi connectivity index (χ1) is 15.1. The Kier molecular flexibility index (Phi) is 5.99. The maximum Gasteiger partial charge on any atom is 0.234 e. The van der Waals surface area contributed by atoms with Crippen molar-refractivity contribution in [2.24, 2.45) is 0 Å². The van der Waals surface area contributed by atoms with Gasteiger partial charge in [0.15, 0.2) is 5.78 Å². The van der Waals surface area contributed by atoms with Gasteiger partial charge in [0.05, 0.1) is 5.92 Å². The number of carbonyl (C=O) groups excluding carboxylic acids is 2. The number of rotatable bonds is 7. The first-order valence-corrected chi connectivity index (χ1v) is 10.7. The molecule has 1 atom stereocenters. The highest BCUT2D eigenvalue weighted by atomic mass is 16.2. The molecule has 4 rings (SSSR count). The van der Waals surface area contributed by atoms with Gasteiger partial charge >= 0.3 is 0 Å². The number of aromatic nitrogens is 1. The summed E-state index contributed by atoms with van der Waals surface area (Å²) in [6, 6.07) is 24.7. The molecule has 0 saturated heterocycles. The van der Waals surface area contributed by atoms with E-state index in [9.17, 15) is 9.59 Å². The lowest BCUT2D eigenvalue weighted by Gasteiger charge is -2.26. The van der Waals surface area contributed by atoms with Crippen molar-refractivity contribution in [1.29, 1.82) is 0 Å². The van der Waals surface area contributed by atoms with Crippen LogP contribution in [0.2, 0.25) is 0 Å². The average molecular weight is 411 g/mol. The van der Waals surface area contributed by atoms with Crippen LogP contribution in [0.5, 0.6) is 0 Å². The Morgan fingerprint density at radius 2 is 1.68 bits per heavy atom. The summed E-state index contributed by atoms with van der Waals surface area (Å²) in [5.74, 6) is -0.379. The highest BCUT2D eigenvalue weighted by Crippen LogP contribution is 2.27. The Morgan fingerprint density at radius 1 is 0.903 bits per heavy atom. The molecule has 4 aromatic rings. The van der Waals surface area contributed by atoms with Gasteiger partial charge < -0.3 is 9.88 Å². The SMILES string of the molecule is CCCN(C(=O)[C@@H](C)c1cccc(C(=O)c2ccccc2)c1)c1ccc2cc[nH]c2c1. The van der Waals surface area contributed by atoms with Crippen LogP contribution in [-0.2, 0) is 4.79 Å². The number of hydrogen-bond donors (Lipinski definition) is 1. The molecule has 0 spiro atoms. The van der Waals surface area contributed by atoms with Crippen LogP contribution in [0.3, 0.4) is 0 Å². The van der Waals surface area contributed by atoms with Crippen molar-refractivity contribution in [3.05, 3.63) is 102 Å². The van der Waals surface area contributed by atoms with Crippen LogP contribution < -0.4 is 4.90 Å². The topological polar surface area (TPSA) is 53.2 Å². The number of anilines is 1. The van der Waals surface area contributed by atoms with Crippen molar-refractivity contribution in [2.45, 2.75) is 26.2 Å². The second-order valence-corrected chi connectivity index (χ2v) is 7.78. The summed E-state index contributed by atoms with van der Waals surface area (Å²) >= 11 is 0. The number of amides is 1. The molecule has 0 unspecified atom stereocenters. The molecule has 4 heteroatoms. The van der Waals surface area contributed by atoms with E-state index in [1.165, 1.54) is 0 Å². The minimum Gasteiger partial charge on any atom is -0.361 e. The summed E-state index contributed by atoms with van der Waals surface area (Å²) in [5, 5.41) is 1.12. The number of H-pyrrole nitrogens is 1. The quantitative estimate of drug-likeness (QED) is 0.383. The molecule has 0 aliphatic heterocycles. The number of nitrogens with zero attached hydrogens (tertiary/aromatic N) is 1. The molecule has 4 nitrogen and oxygen atoms in total. The fourth-order valence-electron chi connectivity index (χ4n) is 3.88. The standard InChI is InChI=1S/C27H26N2O2/c1-3-16-29(24-13-12-20-14-15-28-25(20)18-24)27(31)19(2)22-10-7-11-23(17-22)26(30)21-8-5-4-6-9-21/h4-15,17-19,28H,3,16H2,1-2H3/t19-/m0/s1. The zero-order chi connectivity index (χ0) is 21.8. The molecule has 1 N–H and O–H groups in total. The number of nitrogens with one attached hydrogen (secondary N) is 1. The molecule has 0 saturated carbocycles. The predicted octanol–water partition coefficient (Wildman–Crippen LogP) is 5.95. The van der Waals surface area contributed by atoms with E-state index in [-0.39, 0.29) is 17.6 Å². The molecule has 0 bridgehead atoms. The monoisotopic (exact) mass is 410 g/mol. The molecule has 1 heterocycles. The number of aromatic amines is 1. The normalized spacial score (nSPS) is 11.9. The summed E-state index contributed by atoms with van der Waals surface area (Å²) in [6.45, 7) is 4.61. The maximum atomic E-state index is 13.5. The van der Waals surface area contributed by atoms with E-state index in [0.29, 0.717) is 17.7 Å². The van der Waals surface area contributed by atoms with E-state index in [1.54, 1.807) is 6.07 Å². The zero-order valence-corrected chi connectivity index (χ0v) is 17.8. The summed E-state index contributed by atoms with van der Waals surface area (Å²) in [4.78, 5) is 31.4. The molecule has 0 aliphatic carbocycles. The molecular formula is C27H26N2O2. The van der Waals surface area contributed by atoms with Gasteiger partial charge in [-0.15, -0.1) is 0 Å². The van der Waals surface area contributed by atoms with E-state index in [1.807, 2.05) is 90.8 Å². The Morgan fingerprint density at radius 3 is 2.45 bits per heavy atom. The zero-order valence-electron chi connectivity index (χ0n) is 17.8. The first-order valence-electron chi connectivity index (χ1n) is 10.7. The minimum atomic E-state index is -0.366. The highest BCUT2D eigenvalue weighted by Gasteiger charge is 2.24. The van der Waals surface area contributed by atoms with Crippen molar-refractivity contribution in [3.8, 4) is 0 Å². The lowest BCUT2D eigenvalue weighted by molar-refractivity contribution is -0.119. The molecule has 156 valence electrons. The van der Waals surface area contributed by atoms with E-state index < -0.39 is 0 Å². The maximum absolute atomic E-state index is 13.5. The van der Waals surface area contributed by atoms with Crippen molar-refractivity contribution in [3.63, 3.8) is 0 Å². The van der Waals surface area contributed by atoms with Crippen LogP contribution in [0.15, 0.2) is 85.1 Å². The lowest BCUT2D eigenvalue weighted by Crippen LogP contribution is -2.35. The Bertz CT molecular complexity index is 1210. The first kappa shape index (κ1) is 20.6. The third kappa shape index (κ3) is 4.29. The fourth-order valence-corrected chi connectivity index (χ4v) is 3.88. The summed E-state index contributed by atoms with van der Waals surface area (Å²) in [6.07, 6.45) is 2.76.